The highest BCUT2D eigenvalue weighted by atomic mass is 16.7. The van der Waals surface area contributed by atoms with Crippen LogP contribution in [0.25, 0.3) is 6.08 Å². The molecule has 1 saturated heterocycles. The lowest BCUT2D eigenvalue weighted by molar-refractivity contribution is -0.298. The van der Waals surface area contributed by atoms with Crippen molar-refractivity contribution in [3.05, 3.63) is 41.5 Å². The molecule has 0 aromatic heterocycles. The van der Waals surface area contributed by atoms with Gasteiger partial charge in [0.05, 0.1) is 32.0 Å². The third-order valence-corrected chi connectivity index (χ3v) is 4.57. The summed E-state index contributed by atoms with van der Waals surface area (Å²) >= 11 is 0. The Kier molecular flexibility index (Phi) is 9.61. The van der Waals surface area contributed by atoms with E-state index in [2.05, 4.69) is 0 Å². The van der Waals surface area contributed by atoms with Gasteiger partial charge in [-0.3, -0.25) is 0 Å². The molecule has 11 nitrogen and oxygen atoms in total. The first kappa shape index (κ1) is 25.3. The zero-order chi connectivity index (χ0) is 23.7. The maximum absolute atomic E-state index is 11.9. The average Bonchev–Trinajstić information content (AvgIpc) is 2.80. The molecule has 32 heavy (non-hydrogen) atoms. The molecule has 1 heterocycles. The van der Waals surface area contributed by atoms with Gasteiger partial charge >= 0.3 is 5.97 Å². The maximum atomic E-state index is 11.9. The van der Waals surface area contributed by atoms with Gasteiger partial charge in [-0.2, -0.15) is 5.26 Å². The number of phenols is 1. The van der Waals surface area contributed by atoms with Gasteiger partial charge < -0.3 is 44.5 Å². The molecule has 1 aliphatic heterocycles. The molecule has 5 unspecified atom stereocenters. The van der Waals surface area contributed by atoms with E-state index in [1.54, 1.807) is 6.07 Å². The highest BCUT2D eigenvalue weighted by Gasteiger charge is 2.43. The fourth-order valence-electron chi connectivity index (χ4n) is 2.74. The zero-order valence-corrected chi connectivity index (χ0v) is 17.2. The van der Waals surface area contributed by atoms with Crippen LogP contribution in [0, 0.1) is 11.3 Å². The van der Waals surface area contributed by atoms with Crippen LogP contribution in [-0.2, 0) is 19.0 Å². The number of hydrogen-bond acceptors (Lipinski definition) is 11. The van der Waals surface area contributed by atoms with E-state index in [0.717, 1.165) is 6.08 Å². The molecule has 0 radical (unpaired) electrons. The van der Waals surface area contributed by atoms with Crippen molar-refractivity contribution in [3.8, 4) is 17.6 Å². The van der Waals surface area contributed by atoms with E-state index < -0.39 is 43.3 Å². The molecule has 0 amide bonds. The molecule has 174 valence electrons. The van der Waals surface area contributed by atoms with Gasteiger partial charge in [0.15, 0.2) is 17.8 Å². The van der Waals surface area contributed by atoms with Crippen molar-refractivity contribution in [1.29, 1.82) is 5.26 Å². The monoisotopic (exact) mass is 451 g/mol. The largest absolute Gasteiger partial charge is 0.504 e. The number of ether oxygens (including phenoxy) is 4. The number of aliphatic hydroxyl groups is 4. The topological polar surface area (TPSA) is 179 Å². The summed E-state index contributed by atoms with van der Waals surface area (Å²) in [6.45, 7) is -1.16. The summed E-state index contributed by atoms with van der Waals surface area (Å²) in [4.78, 5) is 11.9. The summed E-state index contributed by atoms with van der Waals surface area (Å²) in [5.74, 6) is -0.510. The molecule has 5 atom stereocenters. The number of carbonyl (C=O) groups excluding carboxylic acids is 1. The SMILES string of the molecule is COc1cc(/C=C/C(=O)OC/C(C#N)=C\COC2OC(CO)C(O)C(O)C2O)ccc1O. The van der Waals surface area contributed by atoms with Gasteiger partial charge in [-0.05, 0) is 29.8 Å². The Labute approximate surface area is 183 Å². The van der Waals surface area contributed by atoms with Gasteiger partial charge in [-0.15, -0.1) is 0 Å². The van der Waals surface area contributed by atoms with Crippen LogP contribution in [0.5, 0.6) is 11.5 Å². The fourth-order valence-corrected chi connectivity index (χ4v) is 2.74. The van der Waals surface area contributed by atoms with Crippen LogP contribution in [0.15, 0.2) is 35.9 Å². The fraction of sp³-hybridized carbons (Fsp3) is 0.429. The van der Waals surface area contributed by atoms with Gasteiger partial charge in [0.2, 0.25) is 0 Å². The molecule has 0 aliphatic carbocycles. The quantitative estimate of drug-likeness (QED) is 0.181. The third kappa shape index (κ3) is 6.76. The number of aliphatic hydroxyl groups excluding tert-OH is 4. The van der Waals surface area contributed by atoms with Crippen molar-refractivity contribution in [1.82, 2.24) is 0 Å². The summed E-state index contributed by atoms with van der Waals surface area (Å²) in [7, 11) is 1.40. The molecule has 0 saturated carbocycles. The van der Waals surface area contributed by atoms with E-state index in [4.69, 9.17) is 29.3 Å². The second kappa shape index (κ2) is 12.2. The lowest BCUT2D eigenvalue weighted by Crippen LogP contribution is -2.59. The normalized spacial score (nSPS) is 26.0. The number of carbonyl (C=O) groups is 1. The van der Waals surface area contributed by atoms with Gasteiger partial charge in [0.1, 0.15) is 31.0 Å². The van der Waals surface area contributed by atoms with Crippen LogP contribution >= 0.6 is 0 Å². The number of nitrogens with zero attached hydrogens (tertiary/aromatic N) is 1. The zero-order valence-electron chi connectivity index (χ0n) is 17.2. The molecule has 11 heteroatoms. The number of phenolic OH excluding ortho intramolecular Hbond substituents is 1. The Morgan fingerprint density at radius 2 is 2.00 bits per heavy atom. The summed E-state index contributed by atoms with van der Waals surface area (Å²) in [6, 6.07) is 6.34. The number of hydrogen-bond donors (Lipinski definition) is 5. The van der Waals surface area contributed by atoms with E-state index in [1.807, 2.05) is 6.07 Å². The van der Waals surface area contributed by atoms with Crippen molar-refractivity contribution in [2.75, 3.05) is 26.9 Å². The first-order valence-corrected chi connectivity index (χ1v) is 9.53. The Hall–Kier alpha value is -2.98. The summed E-state index contributed by atoms with van der Waals surface area (Å²) < 4.78 is 20.4. The van der Waals surface area contributed by atoms with Crippen LogP contribution in [0.2, 0.25) is 0 Å². The van der Waals surface area contributed by atoms with Gasteiger partial charge in [0.25, 0.3) is 0 Å². The number of benzene rings is 1. The van der Waals surface area contributed by atoms with Crippen molar-refractivity contribution in [3.63, 3.8) is 0 Å². The van der Waals surface area contributed by atoms with Crippen molar-refractivity contribution in [2.45, 2.75) is 30.7 Å². The van der Waals surface area contributed by atoms with Crippen molar-refractivity contribution < 1.29 is 49.3 Å². The molecule has 1 fully saturated rings. The minimum Gasteiger partial charge on any atom is -0.504 e. The van der Waals surface area contributed by atoms with E-state index >= 15 is 0 Å². The summed E-state index contributed by atoms with van der Waals surface area (Å²) in [6.07, 6.45) is -3.21. The Balaban J connectivity index is 1.85. The van der Waals surface area contributed by atoms with Gasteiger partial charge in [0, 0.05) is 6.08 Å². The number of nitriles is 1. The van der Waals surface area contributed by atoms with Crippen molar-refractivity contribution in [2.24, 2.45) is 0 Å². The molecular weight excluding hydrogens is 426 g/mol. The summed E-state index contributed by atoms with van der Waals surface area (Å²) in [5, 5.41) is 57.2. The molecule has 0 bridgehead atoms. The minimum atomic E-state index is -1.58. The first-order valence-electron chi connectivity index (χ1n) is 9.53. The molecule has 5 N–H and O–H groups in total. The second-order valence-electron chi connectivity index (χ2n) is 6.74. The molecule has 0 spiro atoms. The second-order valence-corrected chi connectivity index (χ2v) is 6.74. The number of methoxy groups -OCH3 is 1. The van der Waals surface area contributed by atoms with Crippen LogP contribution in [0.1, 0.15) is 5.56 Å². The third-order valence-electron chi connectivity index (χ3n) is 4.57. The first-order chi connectivity index (χ1) is 15.3. The molecule has 1 aliphatic rings. The maximum Gasteiger partial charge on any atom is 0.331 e. The average molecular weight is 451 g/mol. The Bertz CT molecular complexity index is 876. The van der Waals surface area contributed by atoms with E-state index in [-0.39, 0.29) is 30.3 Å². The molecule has 1 aromatic carbocycles. The van der Waals surface area contributed by atoms with E-state index in [9.17, 15) is 25.2 Å². The van der Waals surface area contributed by atoms with Crippen LogP contribution < -0.4 is 4.74 Å². The standard InChI is InChI=1S/C21H25NO10/c1-29-15-8-12(2-4-14(15)24)3-5-17(25)31-11-13(9-22)6-7-30-21-20(28)19(27)18(26)16(10-23)32-21/h2-6,8,16,18-21,23-24,26-28H,7,10-11H2,1H3/b5-3+,13-6-. The van der Waals surface area contributed by atoms with Gasteiger partial charge in [-0.25, -0.2) is 4.79 Å². The van der Waals surface area contributed by atoms with E-state index in [1.165, 1.54) is 31.4 Å². The predicted molar refractivity (Wildman–Crippen MR) is 108 cm³/mol. The number of aromatic hydroxyl groups is 1. The number of esters is 1. The predicted octanol–water partition coefficient (Wildman–Crippen LogP) is -0.776. The Morgan fingerprint density at radius 1 is 1.25 bits per heavy atom. The van der Waals surface area contributed by atoms with Crippen LogP contribution in [-0.4, -0.2) is 89.1 Å². The smallest absolute Gasteiger partial charge is 0.331 e. The molecule has 1 aromatic rings. The molecular formula is C21H25NO10. The lowest BCUT2D eigenvalue weighted by Gasteiger charge is -2.39. The lowest BCUT2D eigenvalue weighted by atomic mass is 9.99. The highest BCUT2D eigenvalue weighted by molar-refractivity contribution is 5.87. The Morgan fingerprint density at radius 3 is 2.66 bits per heavy atom. The van der Waals surface area contributed by atoms with E-state index in [0.29, 0.717) is 5.56 Å². The van der Waals surface area contributed by atoms with Crippen LogP contribution in [0.4, 0.5) is 0 Å². The molecule has 2 rings (SSSR count). The summed E-state index contributed by atoms with van der Waals surface area (Å²) in [5.41, 5.74) is 0.642. The number of rotatable bonds is 9. The highest BCUT2D eigenvalue weighted by Crippen LogP contribution is 2.26. The van der Waals surface area contributed by atoms with Crippen molar-refractivity contribution >= 4 is 12.0 Å². The minimum absolute atomic E-state index is 0.0399. The van der Waals surface area contributed by atoms with Gasteiger partial charge in [-0.1, -0.05) is 6.07 Å². The van der Waals surface area contributed by atoms with Crippen LogP contribution in [0.3, 0.4) is 0 Å².